The van der Waals surface area contributed by atoms with E-state index >= 15 is 0 Å². The number of phenolic OH excluding ortho intramolecular Hbond substituents is 2. The number of hydrogen-bond donors (Lipinski definition) is 2. The number of fused-ring (bicyclic) bond motifs is 2. The number of aromatic hydroxyl groups is 2. The largest absolute Gasteiger partial charge is 0.508 e. The van der Waals surface area contributed by atoms with Crippen molar-refractivity contribution in [3.05, 3.63) is 46.6 Å². The first-order valence-electron chi connectivity index (χ1n) is 10.8. The summed E-state index contributed by atoms with van der Waals surface area (Å²) >= 11 is 13.5. The molecule has 1 aliphatic heterocycles. The number of aldehydes is 1. The molecular weight excluding hydrogens is 467 g/mol. The van der Waals surface area contributed by atoms with Gasteiger partial charge < -0.3 is 14.9 Å². The molecule has 1 aromatic carbocycles. The van der Waals surface area contributed by atoms with E-state index in [0.717, 1.165) is 24.0 Å². The molecule has 3 atom stereocenters. The Labute approximate surface area is 203 Å². The fourth-order valence-electron chi connectivity index (χ4n) is 4.49. The van der Waals surface area contributed by atoms with Crippen LogP contribution in [0.1, 0.15) is 74.1 Å². The standard InChI is InChI=1S/C25H28Cl2O6/c1-14(6-5-7-15(2)13-28)8-9-25-21(31)17-10-16(29)11-18(30)20(17)22(32)24(25,27)12-19(26)23(3,4)33-25/h7-8,10-11,13,19,29-30H,5-6,9,12H2,1-4H3. The topological polar surface area (TPSA) is 101 Å². The van der Waals surface area contributed by atoms with Gasteiger partial charge in [0.05, 0.1) is 16.5 Å². The molecule has 0 saturated carbocycles. The number of allylic oxidation sites excluding steroid dienone is 3. The second-order valence-electron chi connectivity index (χ2n) is 9.41. The van der Waals surface area contributed by atoms with E-state index in [1.165, 1.54) is 0 Å². The number of hydrogen-bond acceptors (Lipinski definition) is 6. The smallest absolute Gasteiger partial charge is 0.198 e. The van der Waals surface area contributed by atoms with Gasteiger partial charge >= 0.3 is 0 Å². The van der Waals surface area contributed by atoms with E-state index in [-0.39, 0.29) is 29.7 Å². The lowest BCUT2D eigenvalue weighted by molar-refractivity contribution is -0.157. The molecule has 6 nitrogen and oxygen atoms in total. The number of carbonyl (C=O) groups is 3. The first-order chi connectivity index (χ1) is 15.3. The number of Topliss-reactive ketones (excluding diaryl/α,β-unsaturated/α-hetero) is 2. The molecule has 0 radical (unpaired) electrons. The van der Waals surface area contributed by atoms with E-state index < -0.39 is 38.8 Å². The van der Waals surface area contributed by atoms with Gasteiger partial charge in [0, 0.05) is 18.1 Å². The average Bonchev–Trinajstić information content (AvgIpc) is 2.73. The molecule has 1 aromatic rings. The fourth-order valence-corrected chi connectivity index (χ4v) is 5.30. The highest BCUT2D eigenvalue weighted by Gasteiger charge is 2.70. The predicted molar refractivity (Wildman–Crippen MR) is 127 cm³/mol. The molecule has 2 aliphatic rings. The van der Waals surface area contributed by atoms with Gasteiger partial charge in [0.1, 0.15) is 22.7 Å². The maximum Gasteiger partial charge on any atom is 0.198 e. The van der Waals surface area contributed by atoms with Crippen LogP contribution >= 0.6 is 23.2 Å². The molecular formula is C25H28Cl2O6. The zero-order chi connectivity index (χ0) is 24.8. The van der Waals surface area contributed by atoms with Gasteiger partial charge in [-0.1, -0.05) is 17.7 Å². The molecule has 1 aliphatic carbocycles. The van der Waals surface area contributed by atoms with Crippen molar-refractivity contribution < 1.29 is 29.3 Å². The molecule has 8 heteroatoms. The van der Waals surface area contributed by atoms with Gasteiger partial charge in [-0.3, -0.25) is 14.4 Å². The van der Waals surface area contributed by atoms with Gasteiger partial charge in [0.25, 0.3) is 0 Å². The van der Waals surface area contributed by atoms with Crippen LogP contribution in [0, 0.1) is 0 Å². The van der Waals surface area contributed by atoms with Crippen LogP contribution in [0.2, 0.25) is 0 Å². The Bertz CT molecular complexity index is 1070. The van der Waals surface area contributed by atoms with Crippen molar-refractivity contribution in [3.63, 3.8) is 0 Å². The Kier molecular flexibility index (Phi) is 6.87. The van der Waals surface area contributed by atoms with Crippen molar-refractivity contribution in [1.82, 2.24) is 0 Å². The van der Waals surface area contributed by atoms with Gasteiger partial charge in [-0.15, -0.1) is 23.2 Å². The van der Waals surface area contributed by atoms with Gasteiger partial charge in [-0.05, 0) is 58.6 Å². The third kappa shape index (κ3) is 4.25. The summed E-state index contributed by atoms with van der Waals surface area (Å²) in [5.74, 6) is -2.11. The highest BCUT2D eigenvalue weighted by Crippen LogP contribution is 2.56. The molecule has 1 fully saturated rings. The molecule has 0 spiro atoms. The first-order valence-corrected chi connectivity index (χ1v) is 11.6. The Morgan fingerprint density at radius 2 is 1.85 bits per heavy atom. The molecule has 0 aromatic heterocycles. The van der Waals surface area contributed by atoms with Crippen LogP contribution < -0.4 is 0 Å². The number of benzene rings is 1. The molecule has 1 saturated heterocycles. The molecule has 3 rings (SSSR count). The van der Waals surface area contributed by atoms with Crippen molar-refractivity contribution >= 4 is 41.1 Å². The summed E-state index contributed by atoms with van der Waals surface area (Å²) in [6, 6.07) is 2.15. The third-order valence-corrected chi connectivity index (χ3v) is 7.83. The minimum Gasteiger partial charge on any atom is -0.508 e. The Balaban J connectivity index is 2.11. The summed E-state index contributed by atoms with van der Waals surface area (Å²) in [6.07, 6.45) is 5.66. The van der Waals surface area contributed by atoms with Crippen molar-refractivity contribution in [2.45, 2.75) is 74.8 Å². The predicted octanol–water partition coefficient (Wildman–Crippen LogP) is 5.26. The van der Waals surface area contributed by atoms with E-state index in [2.05, 4.69) is 0 Å². The summed E-state index contributed by atoms with van der Waals surface area (Å²) in [5.41, 5.74) is -1.55. The van der Waals surface area contributed by atoms with Crippen LogP contribution in [0.5, 0.6) is 11.5 Å². The van der Waals surface area contributed by atoms with E-state index in [0.29, 0.717) is 18.4 Å². The number of ether oxygens (including phenoxy) is 1. The third-order valence-electron chi connectivity index (χ3n) is 6.52. The average molecular weight is 495 g/mol. The number of ketones is 2. The van der Waals surface area contributed by atoms with Crippen molar-refractivity contribution in [1.29, 1.82) is 0 Å². The second kappa shape index (κ2) is 8.90. The van der Waals surface area contributed by atoms with Gasteiger partial charge in [-0.25, -0.2) is 0 Å². The van der Waals surface area contributed by atoms with E-state index in [1.54, 1.807) is 20.8 Å². The SMILES string of the molecule is CC(C=O)=CCCC(C)=CCC12OC(C)(C)C(Cl)CC1(Cl)C(=O)c1c(O)cc(O)cc1C2=O. The van der Waals surface area contributed by atoms with Crippen molar-refractivity contribution in [2.75, 3.05) is 0 Å². The van der Waals surface area contributed by atoms with Gasteiger partial charge in [0.15, 0.2) is 17.2 Å². The minimum absolute atomic E-state index is 0.00613. The van der Waals surface area contributed by atoms with E-state index in [9.17, 15) is 24.6 Å². The molecule has 3 unspecified atom stereocenters. The summed E-state index contributed by atoms with van der Waals surface area (Å²) in [4.78, 5) is 36.4. The minimum atomic E-state index is -1.84. The maximum absolute atomic E-state index is 13.9. The zero-order valence-corrected chi connectivity index (χ0v) is 20.6. The van der Waals surface area contributed by atoms with Crippen LogP contribution in [0.25, 0.3) is 0 Å². The van der Waals surface area contributed by atoms with Gasteiger partial charge in [-0.2, -0.15) is 0 Å². The Morgan fingerprint density at radius 1 is 1.18 bits per heavy atom. The van der Waals surface area contributed by atoms with Crippen LogP contribution in [0.15, 0.2) is 35.4 Å². The van der Waals surface area contributed by atoms with Crippen molar-refractivity contribution in [2.24, 2.45) is 0 Å². The zero-order valence-electron chi connectivity index (χ0n) is 19.1. The van der Waals surface area contributed by atoms with Crippen LogP contribution in [0.3, 0.4) is 0 Å². The summed E-state index contributed by atoms with van der Waals surface area (Å²) in [7, 11) is 0. The first kappa shape index (κ1) is 25.5. The summed E-state index contributed by atoms with van der Waals surface area (Å²) in [5, 5.41) is 19.7. The number of carbonyl (C=O) groups excluding carboxylic acids is 3. The quantitative estimate of drug-likeness (QED) is 0.242. The lowest BCUT2D eigenvalue weighted by atomic mass is 9.63. The fraction of sp³-hybridized carbons (Fsp3) is 0.480. The lowest BCUT2D eigenvalue weighted by Crippen LogP contribution is -2.72. The molecule has 0 amide bonds. The summed E-state index contributed by atoms with van der Waals surface area (Å²) in [6.45, 7) is 7.08. The number of alkyl halides is 2. The number of halogens is 2. The molecule has 2 N–H and O–H groups in total. The normalized spacial score (nSPS) is 29.5. The summed E-state index contributed by atoms with van der Waals surface area (Å²) < 4.78 is 6.31. The highest BCUT2D eigenvalue weighted by molar-refractivity contribution is 6.45. The number of phenols is 2. The Morgan fingerprint density at radius 3 is 2.48 bits per heavy atom. The molecule has 0 bridgehead atoms. The van der Waals surface area contributed by atoms with Gasteiger partial charge in [0.2, 0.25) is 0 Å². The number of rotatable bonds is 6. The maximum atomic E-state index is 13.9. The Hall–Kier alpha value is -2.15. The second-order valence-corrected chi connectivity index (χ2v) is 10.6. The van der Waals surface area contributed by atoms with E-state index in [1.807, 2.05) is 19.1 Å². The molecule has 33 heavy (non-hydrogen) atoms. The lowest BCUT2D eigenvalue weighted by Gasteiger charge is -2.56. The van der Waals surface area contributed by atoms with Crippen molar-refractivity contribution in [3.8, 4) is 11.5 Å². The van der Waals surface area contributed by atoms with Crippen LogP contribution in [-0.2, 0) is 9.53 Å². The van der Waals surface area contributed by atoms with Crippen LogP contribution in [0.4, 0.5) is 0 Å². The van der Waals surface area contributed by atoms with E-state index in [4.69, 9.17) is 27.9 Å². The highest BCUT2D eigenvalue weighted by atomic mass is 35.5. The van der Waals surface area contributed by atoms with Crippen LogP contribution in [-0.4, -0.2) is 49.5 Å². The molecule has 1 heterocycles. The molecule has 178 valence electrons. The monoisotopic (exact) mass is 494 g/mol.